The quantitative estimate of drug-likeness (QED) is 0.434. The minimum atomic E-state index is 0.595. The molecule has 0 atom stereocenters. The van der Waals surface area contributed by atoms with Crippen LogP contribution in [-0.4, -0.2) is 64.2 Å². The minimum Gasteiger partial charge on any atom is -0.380 e. The molecule has 0 spiro atoms. The predicted octanol–water partition coefficient (Wildman–Crippen LogP) is 3.31. The van der Waals surface area contributed by atoms with Gasteiger partial charge in [0, 0.05) is 39.5 Å². The lowest BCUT2D eigenvalue weighted by Gasteiger charge is -2.23. The first kappa shape index (κ1) is 21.8. The summed E-state index contributed by atoms with van der Waals surface area (Å²) in [5, 5.41) is 0. The molecule has 0 aromatic heterocycles. The standard InChI is InChI=1S/C18H39NO3/c1-16(2)13-20-10-7-19(8-11-21-14-17(3)4)9-12-22-15-18(5)6/h16-18H,7-15H2,1-6H3. The molecule has 0 unspecified atom stereocenters. The summed E-state index contributed by atoms with van der Waals surface area (Å²) in [7, 11) is 0. The minimum absolute atomic E-state index is 0.595. The van der Waals surface area contributed by atoms with Gasteiger partial charge >= 0.3 is 0 Å². The summed E-state index contributed by atoms with van der Waals surface area (Å²) in [6.45, 7) is 20.8. The molecule has 0 aromatic carbocycles. The molecule has 0 rings (SSSR count). The summed E-state index contributed by atoms with van der Waals surface area (Å²) in [5.41, 5.74) is 0. The zero-order chi connectivity index (χ0) is 16.8. The highest BCUT2D eigenvalue weighted by molar-refractivity contribution is 4.58. The Kier molecular flexibility index (Phi) is 14.3. The van der Waals surface area contributed by atoms with Crippen LogP contribution < -0.4 is 0 Å². The molecule has 0 heterocycles. The fraction of sp³-hybridized carbons (Fsp3) is 1.00. The maximum absolute atomic E-state index is 5.69. The topological polar surface area (TPSA) is 30.9 Å². The van der Waals surface area contributed by atoms with E-state index >= 15 is 0 Å². The van der Waals surface area contributed by atoms with E-state index < -0.39 is 0 Å². The van der Waals surface area contributed by atoms with Crippen molar-refractivity contribution in [2.24, 2.45) is 17.8 Å². The lowest BCUT2D eigenvalue weighted by atomic mass is 10.2. The molecule has 0 saturated heterocycles. The van der Waals surface area contributed by atoms with Crippen LogP contribution in [0.3, 0.4) is 0 Å². The first-order valence-corrected chi connectivity index (χ1v) is 8.87. The van der Waals surface area contributed by atoms with Gasteiger partial charge in [0.15, 0.2) is 0 Å². The van der Waals surface area contributed by atoms with Gasteiger partial charge in [0.05, 0.1) is 19.8 Å². The van der Waals surface area contributed by atoms with Gasteiger partial charge in [0.1, 0.15) is 0 Å². The number of rotatable bonds is 15. The van der Waals surface area contributed by atoms with Gasteiger partial charge in [-0.15, -0.1) is 0 Å². The number of hydrogen-bond acceptors (Lipinski definition) is 4. The molecule has 0 aliphatic heterocycles. The van der Waals surface area contributed by atoms with Crippen molar-refractivity contribution in [3.8, 4) is 0 Å². The average molecular weight is 318 g/mol. The predicted molar refractivity (Wildman–Crippen MR) is 93.4 cm³/mol. The van der Waals surface area contributed by atoms with Crippen molar-refractivity contribution in [1.82, 2.24) is 4.90 Å². The molecule has 0 aliphatic rings. The lowest BCUT2D eigenvalue weighted by molar-refractivity contribution is 0.0387. The highest BCUT2D eigenvalue weighted by Crippen LogP contribution is 1.98. The zero-order valence-electron chi connectivity index (χ0n) is 15.8. The van der Waals surface area contributed by atoms with Gasteiger partial charge in [-0.25, -0.2) is 0 Å². The van der Waals surface area contributed by atoms with Crippen LogP contribution in [0.1, 0.15) is 41.5 Å². The molecule has 0 aliphatic carbocycles. The van der Waals surface area contributed by atoms with Crippen molar-refractivity contribution >= 4 is 0 Å². The van der Waals surface area contributed by atoms with Crippen molar-refractivity contribution < 1.29 is 14.2 Å². The van der Waals surface area contributed by atoms with Gasteiger partial charge in [0.25, 0.3) is 0 Å². The van der Waals surface area contributed by atoms with Crippen LogP contribution in [0.2, 0.25) is 0 Å². The van der Waals surface area contributed by atoms with Crippen LogP contribution >= 0.6 is 0 Å². The maximum atomic E-state index is 5.69. The van der Waals surface area contributed by atoms with E-state index in [1.54, 1.807) is 0 Å². The van der Waals surface area contributed by atoms with E-state index in [2.05, 4.69) is 46.4 Å². The molecule has 0 bridgehead atoms. The lowest BCUT2D eigenvalue weighted by Crippen LogP contribution is -2.34. The summed E-state index contributed by atoms with van der Waals surface area (Å²) < 4.78 is 17.1. The van der Waals surface area contributed by atoms with E-state index in [0.29, 0.717) is 17.8 Å². The summed E-state index contributed by atoms with van der Waals surface area (Å²) >= 11 is 0. The van der Waals surface area contributed by atoms with Crippen LogP contribution in [0.5, 0.6) is 0 Å². The van der Waals surface area contributed by atoms with Crippen LogP contribution in [0.25, 0.3) is 0 Å². The van der Waals surface area contributed by atoms with Crippen molar-refractivity contribution in [3.63, 3.8) is 0 Å². The smallest absolute Gasteiger partial charge is 0.0593 e. The fourth-order valence-corrected chi connectivity index (χ4v) is 1.87. The summed E-state index contributed by atoms with van der Waals surface area (Å²) in [4.78, 5) is 2.38. The summed E-state index contributed by atoms with van der Waals surface area (Å²) in [6, 6.07) is 0. The normalized spacial score (nSPS) is 12.3. The monoisotopic (exact) mass is 317 g/mol. The van der Waals surface area contributed by atoms with Crippen molar-refractivity contribution in [2.45, 2.75) is 41.5 Å². The fourth-order valence-electron chi connectivity index (χ4n) is 1.87. The second-order valence-electron chi connectivity index (χ2n) is 7.25. The molecule has 0 saturated carbocycles. The van der Waals surface area contributed by atoms with Crippen LogP contribution in [0.15, 0.2) is 0 Å². The molecular weight excluding hydrogens is 278 g/mol. The molecule has 134 valence electrons. The third-order valence-corrected chi connectivity index (χ3v) is 3.01. The van der Waals surface area contributed by atoms with Crippen LogP contribution in [-0.2, 0) is 14.2 Å². The average Bonchev–Trinajstić information content (AvgIpc) is 2.42. The first-order valence-electron chi connectivity index (χ1n) is 8.87. The Morgan fingerprint density at radius 1 is 0.545 bits per heavy atom. The molecule has 0 radical (unpaired) electrons. The van der Waals surface area contributed by atoms with E-state index in [1.807, 2.05) is 0 Å². The van der Waals surface area contributed by atoms with E-state index in [4.69, 9.17) is 14.2 Å². The third-order valence-electron chi connectivity index (χ3n) is 3.01. The summed E-state index contributed by atoms with van der Waals surface area (Å²) in [6.07, 6.45) is 0. The van der Waals surface area contributed by atoms with Gasteiger partial charge in [-0.1, -0.05) is 41.5 Å². The van der Waals surface area contributed by atoms with E-state index in [0.717, 1.165) is 59.3 Å². The Hall–Kier alpha value is -0.160. The molecule has 22 heavy (non-hydrogen) atoms. The molecule has 4 nitrogen and oxygen atoms in total. The molecule has 4 heteroatoms. The van der Waals surface area contributed by atoms with Crippen LogP contribution in [0.4, 0.5) is 0 Å². The van der Waals surface area contributed by atoms with Gasteiger partial charge in [0.2, 0.25) is 0 Å². The Morgan fingerprint density at radius 3 is 1.05 bits per heavy atom. The zero-order valence-corrected chi connectivity index (χ0v) is 15.8. The van der Waals surface area contributed by atoms with E-state index in [1.165, 1.54) is 0 Å². The largest absolute Gasteiger partial charge is 0.380 e. The van der Waals surface area contributed by atoms with Gasteiger partial charge in [-0.2, -0.15) is 0 Å². The summed E-state index contributed by atoms with van der Waals surface area (Å²) in [5.74, 6) is 1.78. The highest BCUT2D eigenvalue weighted by atomic mass is 16.5. The van der Waals surface area contributed by atoms with Gasteiger partial charge in [-0.3, -0.25) is 4.90 Å². The molecule has 0 fully saturated rings. The second-order valence-corrected chi connectivity index (χ2v) is 7.25. The van der Waals surface area contributed by atoms with Gasteiger partial charge in [-0.05, 0) is 17.8 Å². The van der Waals surface area contributed by atoms with Crippen molar-refractivity contribution in [1.29, 1.82) is 0 Å². The highest BCUT2D eigenvalue weighted by Gasteiger charge is 2.06. The first-order chi connectivity index (χ1) is 10.4. The molecular formula is C18H39NO3. The molecule has 0 aromatic rings. The van der Waals surface area contributed by atoms with Gasteiger partial charge < -0.3 is 14.2 Å². The number of ether oxygens (including phenoxy) is 3. The third kappa shape index (κ3) is 16.2. The second kappa shape index (κ2) is 14.4. The molecule has 0 N–H and O–H groups in total. The van der Waals surface area contributed by atoms with Crippen LogP contribution in [0, 0.1) is 17.8 Å². The Morgan fingerprint density at radius 2 is 0.818 bits per heavy atom. The maximum Gasteiger partial charge on any atom is 0.0593 e. The number of nitrogens with zero attached hydrogens (tertiary/aromatic N) is 1. The van der Waals surface area contributed by atoms with E-state index in [9.17, 15) is 0 Å². The van der Waals surface area contributed by atoms with Crippen molar-refractivity contribution in [3.05, 3.63) is 0 Å². The van der Waals surface area contributed by atoms with Crippen molar-refractivity contribution in [2.75, 3.05) is 59.3 Å². The number of hydrogen-bond donors (Lipinski definition) is 0. The Balaban J connectivity index is 3.86. The Labute approximate surface area is 138 Å². The molecule has 0 amide bonds. The Bertz CT molecular complexity index is 194. The van der Waals surface area contributed by atoms with E-state index in [-0.39, 0.29) is 0 Å². The SMILES string of the molecule is CC(C)COCCN(CCOCC(C)C)CCOCC(C)C.